The monoisotopic (exact) mass is 454 g/mol. The molecule has 1 saturated heterocycles. The zero-order chi connectivity index (χ0) is 22.7. The SMILES string of the molecule is CC(C)(C)OC(=O)N1CCC(c2ccnc(Nc3ncc(-c4cccc(F)c4)s3)c2)CC1. The van der Waals surface area contributed by atoms with Crippen molar-refractivity contribution in [1.82, 2.24) is 14.9 Å². The number of piperidine rings is 1. The third-order valence-corrected chi connectivity index (χ3v) is 6.21. The Morgan fingerprint density at radius 2 is 1.97 bits per heavy atom. The minimum absolute atomic E-state index is 0.245. The van der Waals surface area contributed by atoms with E-state index in [-0.39, 0.29) is 11.9 Å². The van der Waals surface area contributed by atoms with Gasteiger partial charge in [0.05, 0.1) is 4.88 Å². The Bertz CT molecular complexity index is 1090. The molecule has 2 aromatic heterocycles. The topological polar surface area (TPSA) is 67.3 Å². The van der Waals surface area contributed by atoms with Gasteiger partial charge in [0.2, 0.25) is 0 Å². The van der Waals surface area contributed by atoms with Crippen LogP contribution in [0.1, 0.15) is 45.1 Å². The first-order valence-electron chi connectivity index (χ1n) is 10.7. The van der Waals surface area contributed by atoms with Gasteiger partial charge in [-0.15, -0.1) is 0 Å². The van der Waals surface area contributed by atoms with Crippen molar-refractivity contribution in [2.24, 2.45) is 0 Å². The van der Waals surface area contributed by atoms with Crippen molar-refractivity contribution in [3.63, 3.8) is 0 Å². The average molecular weight is 455 g/mol. The summed E-state index contributed by atoms with van der Waals surface area (Å²) in [5.74, 6) is 0.811. The summed E-state index contributed by atoms with van der Waals surface area (Å²) in [6.45, 7) is 6.99. The van der Waals surface area contributed by atoms with Crippen LogP contribution in [0.15, 0.2) is 48.8 Å². The van der Waals surface area contributed by atoms with E-state index in [9.17, 15) is 9.18 Å². The number of nitrogens with zero attached hydrogens (tertiary/aromatic N) is 3. The highest BCUT2D eigenvalue weighted by molar-refractivity contribution is 7.18. The summed E-state index contributed by atoms with van der Waals surface area (Å²) in [7, 11) is 0. The molecule has 1 amide bonds. The maximum atomic E-state index is 13.5. The summed E-state index contributed by atoms with van der Waals surface area (Å²) in [6, 6.07) is 10.5. The molecular weight excluding hydrogens is 427 g/mol. The van der Waals surface area contributed by atoms with Gasteiger partial charge < -0.3 is 15.0 Å². The number of aromatic nitrogens is 2. The summed E-state index contributed by atoms with van der Waals surface area (Å²) < 4.78 is 19.0. The lowest BCUT2D eigenvalue weighted by Crippen LogP contribution is -2.41. The lowest BCUT2D eigenvalue weighted by Gasteiger charge is -2.33. The molecule has 1 aliphatic rings. The summed E-state index contributed by atoms with van der Waals surface area (Å²) in [4.78, 5) is 23.8. The minimum Gasteiger partial charge on any atom is -0.444 e. The highest BCUT2D eigenvalue weighted by atomic mass is 32.1. The van der Waals surface area contributed by atoms with Crippen molar-refractivity contribution in [1.29, 1.82) is 0 Å². The quantitative estimate of drug-likeness (QED) is 0.508. The molecule has 0 aliphatic carbocycles. The largest absolute Gasteiger partial charge is 0.444 e. The molecule has 0 spiro atoms. The third-order valence-electron chi connectivity index (χ3n) is 5.25. The van der Waals surface area contributed by atoms with E-state index in [1.54, 1.807) is 23.4 Å². The van der Waals surface area contributed by atoms with Gasteiger partial charge in [-0.25, -0.2) is 19.2 Å². The number of anilines is 2. The van der Waals surface area contributed by atoms with Gasteiger partial charge in [-0.05, 0) is 74.9 Å². The fourth-order valence-corrected chi connectivity index (χ4v) is 4.53. The number of ether oxygens (including phenoxy) is 1. The van der Waals surface area contributed by atoms with Crippen LogP contribution in [0, 0.1) is 5.82 Å². The highest BCUT2D eigenvalue weighted by Gasteiger charge is 2.27. The highest BCUT2D eigenvalue weighted by Crippen LogP contribution is 2.33. The maximum Gasteiger partial charge on any atom is 0.410 e. The van der Waals surface area contributed by atoms with Crippen molar-refractivity contribution in [2.75, 3.05) is 18.4 Å². The van der Waals surface area contributed by atoms with E-state index >= 15 is 0 Å². The van der Waals surface area contributed by atoms with Crippen molar-refractivity contribution in [2.45, 2.75) is 45.1 Å². The van der Waals surface area contributed by atoms with Crippen molar-refractivity contribution in [3.05, 3.63) is 60.2 Å². The number of benzene rings is 1. The second-order valence-corrected chi connectivity index (χ2v) is 9.91. The Labute approximate surface area is 191 Å². The number of pyridine rings is 1. The fourth-order valence-electron chi connectivity index (χ4n) is 3.71. The Hall–Kier alpha value is -3.00. The van der Waals surface area contributed by atoms with Crippen LogP contribution < -0.4 is 5.32 Å². The van der Waals surface area contributed by atoms with E-state index in [1.165, 1.54) is 29.0 Å². The second kappa shape index (κ2) is 9.24. The van der Waals surface area contributed by atoms with Gasteiger partial charge in [0.1, 0.15) is 17.2 Å². The molecule has 3 heterocycles. The van der Waals surface area contributed by atoms with E-state index in [1.807, 2.05) is 39.0 Å². The first-order chi connectivity index (χ1) is 15.3. The maximum absolute atomic E-state index is 13.5. The standard InChI is InChI=1S/C24H27FN4O2S/c1-24(2,3)31-23(30)29-11-8-16(9-12-29)17-7-10-26-21(14-17)28-22-27-15-20(32-22)18-5-4-6-19(25)13-18/h4-7,10,13-16H,8-9,11-12H2,1-3H3,(H,26,27,28). The Morgan fingerprint density at radius 1 is 1.19 bits per heavy atom. The van der Waals surface area contributed by atoms with Crippen LogP contribution in [0.2, 0.25) is 0 Å². The predicted octanol–water partition coefficient (Wildman–Crippen LogP) is 6.20. The van der Waals surface area contributed by atoms with Gasteiger partial charge in [0.25, 0.3) is 0 Å². The summed E-state index contributed by atoms with van der Waals surface area (Å²) in [6.07, 6.45) is 5.04. The molecule has 0 bridgehead atoms. The van der Waals surface area contributed by atoms with Crippen molar-refractivity contribution >= 4 is 28.4 Å². The van der Waals surface area contributed by atoms with Crippen LogP contribution >= 0.6 is 11.3 Å². The number of likely N-dealkylation sites (tertiary alicyclic amines) is 1. The van der Waals surface area contributed by atoms with Gasteiger partial charge in [-0.3, -0.25) is 0 Å². The average Bonchev–Trinajstić information content (AvgIpc) is 3.21. The zero-order valence-electron chi connectivity index (χ0n) is 18.5. The van der Waals surface area contributed by atoms with Crippen LogP contribution in [-0.4, -0.2) is 39.7 Å². The molecular formula is C24H27FN4O2S. The Morgan fingerprint density at radius 3 is 2.69 bits per heavy atom. The molecule has 168 valence electrons. The summed E-state index contributed by atoms with van der Waals surface area (Å²) in [5.41, 5.74) is 1.51. The van der Waals surface area contributed by atoms with Crippen molar-refractivity contribution < 1.29 is 13.9 Å². The van der Waals surface area contributed by atoms with Crippen molar-refractivity contribution in [3.8, 4) is 10.4 Å². The number of carbonyl (C=O) groups is 1. The smallest absolute Gasteiger partial charge is 0.410 e. The zero-order valence-corrected chi connectivity index (χ0v) is 19.3. The number of nitrogens with one attached hydrogen (secondary N) is 1. The number of hydrogen-bond acceptors (Lipinski definition) is 6. The molecule has 32 heavy (non-hydrogen) atoms. The normalized spacial score (nSPS) is 14.9. The lowest BCUT2D eigenvalue weighted by molar-refractivity contribution is 0.0205. The molecule has 0 saturated carbocycles. The first kappa shape index (κ1) is 22.2. The molecule has 3 aromatic rings. The minimum atomic E-state index is -0.482. The molecule has 4 rings (SSSR count). The molecule has 1 fully saturated rings. The number of rotatable bonds is 4. The van der Waals surface area contributed by atoms with Gasteiger partial charge in [0.15, 0.2) is 5.13 Å². The molecule has 0 radical (unpaired) electrons. The number of halogens is 1. The Balaban J connectivity index is 1.38. The van der Waals surface area contributed by atoms with E-state index in [2.05, 4.69) is 15.3 Å². The van der Waals surface area contributed by atoms with Gasteiger partial charge in [0, 0.05) is 25.5 Å². The van der Waals surface area contributed by atoms with Crippen LogP contribution in [0.4, 0.5) is 20.1 Å². The molecule has 1 aliphatic heterocycles. The van der Waals surface area contributed by atoms with E-state index in [0.29, 0.717) is 24.1 Å². The predicted molar refractivity (Wildman–Crippen MR) is 125 cm³/mol. The van der Waals surface area contributed by atoms with Gasteiger partial charge in [-0.2, -0.15) is 0 Å². The fraction of sp³-hybridized carbons (Fsp3) is 0.375. The van der Waals surface area contributed by atoms with E-state index in [0.717, 1.165) is 29.1 Å². The molecule has 1 aromatic carbocycles. The third kappa shape index (κ3) is 5.62. The summed E-state index contributed by atoms with van der Waals surface area (Å²) >= 11 is 1.45. The molecule has 0 atom stereocenters. The molecule has 6 nitrogen and oxygen atoms in total. The second-order valence-electron chi connectivity index (χ2n) is 8.88. The Kier molecular flexibility index (Phi) is 6.41. The van der Waals surface area contributed by atoms with E-state index in [4.69, 9.17) is 4.74 Å². The van der Waals surface area contributed by atoms with Gasteiger partial charge in [-0.1, -0.05) is 23.5 Å². The number of thiazole rings is 1. The van der Waals surface area contributed by atoms with E-state index < -0.39 is 5.60 Å². The number of amides is 1. The molecule has 1 N–H and O–H groups in total. The lowest BCUT2D eigenvalue weighted by atomic mass is 9.90. The van der Waals surface area contributed by atoms with Gasteiger partial charge >= 0.3 is 6.09 Å². The van der Waals surface area contributed by atoms with Crippen LogP contribution in [0.25, 0.3) is 10.4 Å². The first-order valence-corrected chi connectivity index (χ1v) is 11.5. The summed E-state index contributed by atoms with van der Waals surface area (Å²) in [5, 5.41) is 3.96. The van der Waals surface area contributed by atoms with Crippen LogP contribution in [0.5, 0.6) is 0 Å². The van der Waals surface area contributed by atoms with Crippen LogP contribution in [0.3, 0.4) is 0 Å². The number of hydrogen-bond donors (Lipinski definition) is 1. The number of carbonyl (C=O) groups excluding carboxylic acids is 1. The molecule has 8 heteroatoms. The van der Waals surface area contributed by atoms with Crippen LogP contribution in [-0.2, 0) is 4.74 Å². The molecule has 0 unspecified atom stereocenters.